The lowest BCUT2D eigenvalue weighted by atomic mass is 10.2. The van der Waals surface area contributed by atoms with Crippen LogP contribution in [0, 0.1) is 0 Å². The summed E-state index contributed by atoms with van der Waals surface area (Å²) in [6, 6.07) is 8.82. The van der Waals surface area contributed by atoms with Crippen LogP contribution in [-0.2, 0) is 16.1 Å². The summed E-state index contributed by atoms with van der Waals surface area (Å²) in [5, 5.41) is 6.48. The summed E-state index contributed by atoms with van der Waals surface area (Å²) in [6.45, 7) is 0.314. The van der Waals surface area contributed by atoms with Crippen LogP contribution in [0.3, 0.4) is 0 Å². The zero-order valence-electron chi connectivity index (χ0n) is 14.6. The summed E-state index contributed by atoms with van der Waals surface area (Å²) in [7, 11) is 3.08. The van der Waals surface area contributed by atoms with Crippen LogP contribution in [0.4, 0.5) is 0 Å². The second kappa shape index (κ2) is 9.77. The van der Waals surface area contributed by atoms with Crippen molar-refractivity contribution in [2.75, 3.05) is 14.2 Å². The van der Waals surface area contributed by atoms with Crippen LogP contribution in [-0.4, -0.2) is 37.2 Å². The third kappa shape index (κ3) is 5.90. The largest absolute Gasteiger partial charge is 0.493 e. The Morgan fingerprint density at radius 1 is 1.15 bits per heavy atom. The van der Waals surface area contributed by atoms with E-state index < -0.39 is 11.8 Å². The fraction of sp³-hybridized carbons (Fsp3) is 0.222. The molecule has 0 spiro atoms. The molecule has 2 aromatic rings. The van der Waals surface area contributed by atoms with Gasteiger partial charge in [0.1, 0.15) is 6.42 Å². The Kier molecular flexibility index (Phi) is 7.11. The molecule has 1 heterocycles. The van der Waals surface area contributed by atoms with Gasteiger partial charge in [-0.25, -0.2) is 5.43 Å². The molecular formula is C18H20N4O4. The molecule has 8 nitrogen and oxygen atoms in total. The molecule has 1 aromatic heterocycles. The minimum absolute atomic E-state index is 0.314. The van der Waals surface area contributed by atoms with Gasteiger partial charge in [-0.05, 0) is 35.4 Å². The second-order valence-electron chi connectivity index (χ2n) is 5.22. The van der Waals surface area contributed by atoms with E-state index in [0.717, 1.165) is 5.56 Å². The quantitative estimate of drug-likeness (QED) is 0.421. The number of rotatable bonds is 8. The van der Waals surface area contributed by atoms with Gasteiger partial charge in [0.05, 0.1) is 20.4 Å². The van der Waals surface area contributed by atoms with E-state index in [1.165, 1.54) is 13.3 Å². The number of benzene rings is 1. The number of nitrogens with one attached hydrogen (secondary N) is 2. The lowest BCUT2D eigenvalue weighted by Gasteiger charge is -2.07. The SMILES string of the molecule is COc1ccc(/C=N/NC(=O)CC(=O)NCc2cccnc2)cc1OC. The van der Waals surface area contributed by atoms with E-state index in [9.17, 15) is 9.59 Å². The molecule has 2 N–H and O–H groups in total. The maximum Gasteiger partial charge on any atom is 0.249 e. The number of pyridine rings is 1. The van der Waals surface area contributed by atoms with Crippen molar-refractivity contribution in [2.45, 2.75) is 13.0 Å². The molecule has 0 aliphatic rings. The number of amides is 2. The summed E-state index contributed by atoms with van der Waals surface area (Å²) >= 11 is 0. The Morgan fingerprint density at radius 2 is 1.96 bits per heavy atom. The first-order valence-corrected chi connectivity index (χ1v) is 7.82. The molecule has 0 unspecified atom stereocenters. The van der Waals surface area contributed by atoms with E-state index in [2.05, 4.69) is 20.8 Å². The molecule has 0 aliphatic carbocycles. The summed E-state index contributed by atoms with van der Waals surface area (Å²) in [5.41, 5.74) is 3.88. The molecular weight excluding hydrogens is 336 g/mol. The van der Waals surface area contributed by atoms with Crippen molar-refractivity contribution in [3.05, 3.63) is 53.9 Å². The van der Waals surface area contributed by atoms with Crippen molar-refractivity contribution in [3.63, 3.8) is 0 Å². The van der Waals surface area contributed by atoms with E-state index in [-0.39, 0.29) is 6.42 Å². The number of hydrogen-bond acceptors (Lipinski definition) is 6. The predicted octanol–water partition coefficient (Wildman–Crippen LogP) is 1.26. The highest BCUT2D eigenvalue weighted by molar-refractivity contribution is 5.97. The topological polar surface area (TPSA) is 102 Å². The molecule has 2 rings (SSSR count). The Labute approximate surface area is 151 Å². The average molecular weight is 356 g/mol. The van der Waals surface area contributed by atoms with Crippen molar-refractivity contribution >= 4 is 18.0 Å². The lowest BCUT2D eigenvalue weighted by Crippen LogP contribution is -2.29. The van der Waals surface area contributed by atoms with E-state index in [4.69, 9.17) is 9.47 Å². The number of methoxy groups -OCH3 is 2. The fourth-order valence-electron chi connectivity index (χ4n) is 2.06. The van der Waals surface area contributed by atoms with Gasteiger partial charge in [0.15, 0.2) is 11.5 Å². The highest BCUT2D eigenvalue weighted by atomic mass is 16.5. The van der Waals surface area contributed by atoms with Gasteiger partial charge in [-0.15, -0.1) is 0 Å². The van der Waals surface area contributed by atoms with Crippen molar-refractivity contribution in [3.8, 4) is 11.5 Å². The molecule has 0 saturated carbocycles. The van der Waals surface area contributed by atoms with Gasteiger partial charge in [-0.2, -0.15) is 5.10 Å². The maximum absolute atomic E-state index is 11.7. The molecule has 136 valence electrons. The fourth-order valence-corrected chi connectivity index (χ4v) is 2.06. The minimum Gasteiger partial charge on any atom is -0.493 e. The zero-order valence-corrected chi connectivity index (χ0v) is 14.6. The number of nitrogens with zero attached hydrogens (tertiary/aromatic N) is 2. The van der Waals surface area contributed by atoms with Gasteiger partial charge >= 0.3 is 0 Å². The highest BCUT2D eigenvalue weighted by Gasteiger charge is 2.08. The molecule has 0 bridgehead atoms. The summed E-state index contributed by atoms with van der Waals surface area (Å²) in [5.74, 6) is 0.245. The van der Waals surface area contributed by atoms with Crippen molar-refractivity contribution < 1.29 is 19.1 Å². The van der Waals surface area contributed by atoms with Gasteiger partial charge in [0, 0.05) is 18.9 Å². The Hall–Kier alpha value is -3.42. The Morgan fingerprint density at radius 3 is 2.65 bits per heavy atom. The van der Waals surface area contributed by atoms with Gasteiger partial charge in [0.2, 0.25) is 11.8 Å². The van der Waals surface area contributed by atoms with Crippen LogP contribution in [0.1, 0.15) is 17.5 Å². The van der Waals surface area contributed by atoms with Crippen LogP contribution in [0.15, 0.2) is 47.8 Å². The predicted molar refractivity (Wildman–Crippen MR) is 96.0 cm³/mol. The summed E-state index contributed by atoms with van der Waals surface area (Å²) in [4.78, 5) is 27.4. The second-order valence-corrected chi connectivity index (χ2v) is 5.22. The summed E-state index contributed by atoms with van der Waals surface area (Å²) < 4.78 is 10.3. The smallest absolute Gasteiger partial charge is 0.249 e. The number of carbonyl (C=O) groups excluding carboxylic acids is 2. The molecule has 26 heavy (non-hydrogen) atoms. The van der Waals surface area contributed by atoms with Crippen LogP contribution < -0.4 is 20.2 Å². The van der Waals surface area contributed by atoms with Gasteiger partial charge in [-0.3, -0.25) is 14.6 Å². The number of hydrazone groups is 1. The third-order valence-electron chi connectivity index (χ3n) is 3.34. The monoisotopic (exact) mass is 356 g/mol. The van der Waals surface area contributed by atoms with Crippen molar-refractivity contribution in [2.24, 2.45) is 5.10 Å². The summed E-state index contributed by atoms with van der Waals surface area (Å²) in [6.07, 6.45) is 4.43. The Bertz CT molecular complexity index is 778. The van der Waals surface area contributed by atoms with Gasteiger partial charge in [0.25, 0.3) is 0 Å². The van der Waals surface area contributed by atoms with Crippen molar-refractivity contribution in [1.29, 1.82) is 0 Å². The molecule has 0 fully saturated rings. The van der Waals surface area contributed by atoms with E-state index >= 15 is 0 Å². The number of carbonyl (C=O) groups is 2. The van der Waals surface area contributed by atoms with E-state index in [1.54, 1.807) is 43.8 Å². The van der Waals surface area contributed by atoms with E-state index in [0.29, 0.717) is 23.6 Å². The number of hydrogen-bond donors (Lipinski definition) is 2. The standard InChI is InChI=1S/C18H20N4O4/c1-25-15-6-5-13(8-16(15)26-2)12-21-22-18(24)9-17(23)20-11-14-4-3-7-19-10-14/h3-8,10,12H,9,11H2,1-2H3,(H,20,23)(H,22,24)/b21-12+. The third-order valence-corrected chi connectivity index (χ3v) is 3.34. The molecule has 1 aromatic carbocycles. The minimum atomic E-state index is -0.509. The zero-order chi connectivity index (χ0) is 18.8. The molecule has 0 aliphatic heterocycles. The van der Waals surface area contributed by atoms with Crippen LogP contribution >= 0.6 is 0 Å². The van der Waals surface area contributed by atoms with Gasteiger partial charge in [-0.1, -0.05) is 6.07 Å². The van der Waals surface area contributed by atoms with E-state index in [1.807, 2.05) is 6.07 Å². The average Bonchev–Trinajstić information content (AvgIpc) is 2.67. The van der Waals surface area contributed by atoms with Crippen LogP contribution in [0.5, 0.6) is 11.5 Å². The first kappa shape index (κ1) is 18.9. The normalized spacial score (nSPS) is 10.4. The Balaban J connectivity index is 1.79. The maximum atomic E-state index is 11.7. The first-order valence-electron chi connectivity index (χ1n) is 7.82. The molecule has 2 amide bonds. The number of aromatic nitrogens is 1. The first-order chi connectivity index (χ1) is 12.6. The molecule has 0 saturated heterocycles. The highest BCUT2D eigenvalue weighted by Crippen LogP contribution is 2.26. The lowest BCUT2D eigenvalue weighted by molar-refractivity contribution is -0.129. The van der Waals surface area contributed by atoms with Crippen molar-refractivity contribution in [1.82, 2.24) is 15.7 Å². The molecule has 0 atom stereocenters. The molecule has 0 radical (unpaired) electrons. The van der Waals surface area contributed by atoms with Gasteiger partial charge < -0.3 is 14.8 Å². The van der Waals surface area contributed by atoms with Crippen LogP contribution in [0.2, 0.25) is 0 Å². The van der Waals surface area contributed by atoms with Crippen LogP contribution in [0.25, 0.3) is 0 Å². The molecule has 8 heteroatoms. The number of ether oxygens (including phenoxy) is 2.